The molecule has 1 N–H and O–H groups in total. The van der Waals surface area contributed by atoms with Gasteiger partial charge >= 0.3 is 0 Å². The fourth-order valence-corrected chi connectivity index (χ4v) is 2.99. The van der Waals surface area contributed by atoms with Crippen molar-refractivity contribution in [3.8, 4) is 0 Å². The number of nitro groups is 1. The van der Waals surface area contributed by atoms with Crippen LogP contribution in [0.5, 0.6) is 0 Å². The first-order valence-corrected chi connectivity index (χ1v) is 8.05. The topological polar surface area (TPSA) is 66.6 Å². The van der Waals surface area contributed by atoms with E-state index >= 15 is 0 Å². The number of benzene rings is 1. The van der Waals surface area contributed by atoms with Crippen molar-refractivity contribution < 1.29 is 10.0 Å². The van der Waals surface area contributed by atoms with Gasteiger partial charge in [-0.3, -0.25) is 10.1 Å². The molecule has 0 aliphatic carbocycles. The van der Waals surface area contributed by atoms with Crippen molar-refractivity contribution in [2.75, 3.05) is 13.6 Å². The third-order valence-corrected chi connectivity index (χ3v) is 4.52. The predicted octanol–water partition coefficient (Wildman–Crippen LogP) is 3.25. The van der Waals surface area contributed by atoms with Gasteiger partial charge in [0.2, 0.25) is 0 Å². The molecule has 22 heavy (non-hydrogen) atoms. The fourth-order valence-electron chi connectivity index (χ4n) is 2.31. The monoisotopic (exact) mass is 320 g/mol. The molecule has 2 aromatic rings. The average molecular weight is 320 g/mol. The minimum Gasteiger partial charge on any atom is -0.387 e. The summed E-state index contributed by atoms with van der Waals surface area (Å²) in [6.45, 7) is 2.55. The first-order chi connectivity index (χ1) is 10.5. The Balaban J connectivity index is 1.96. The SMILES string of the molecule is CC(Cc1ccsc1)N(C)CC(O)c1cccc([N+](=O)[O-])c1. The van der Waals surface area contributed by atoms with Crippen LogP contribution in [0.4, 0.5) is 5.69 Å². The fraction of sp³-hybridized carbons (Fsp3) is 0.375. The zero-order valence-electron chi connectivity index (χ0n) is 12.7. The molecule has 1 aromatic heterocycles. The minimum absolute atomic E-state index is 0.00512. The van der Waals surface area contributed by atoms with Crippen LogP contribution in [0, 0.1) is 10.1 Å². The summed E-state index contributed by atoms with van der Waals surface area (Å²) in [6, 6.07) is 8.57. The molecule has 0 amide bonds. The molecule has 0 aliphatic heterocycles. The van der Waals surface area contributed by atoms with E-state index in [4.69, 9.17) is 0 Å². The zero-order valence-corrected chi connectivity index (χ0v) is 13.5. The van der Waals surface area contributed by atoms with Gasteiger partial charge in [-0.25, -0.2) is 0 Å². The second-order valence-corrected chi connectivity index (χ2v) is 6.27. The third kappa shape index (κ3) is 4.37. The molecule has 1 heterocycles. The van der Waals surface area contributed by atoms with Gasteiger partial charge in [0.15, 0.2) is 0 Å². The highest BCUT2D eigenvalue weighted by Crippen LogP contribution is 2.21. The normalized spacial score (nSPS) is 14.0. The van der Waals surface area contributed by atoms with Crippen LogP contribution in [0.3, 0.4) is 0 Å². The van der Waals surface area contributed by atoms with Crippen molar-refractivity contribution in [3.63, 3.8) is 0 Å². The van der Waals surface area contributed by atoms with Crippen LogP contribution >= 0.6 is 11.3 Å². The molecule has 1 aromatic carbocycles. The van der Waals surface area contributed by atoms with Gasteiger partial charge in [0, 0.05) is 24.7 Å². The lowest BCUT2D eigenvalue weighted by molar-refractivity contribution is -0.385. The summed E-state index contributed by atoms with van der Waals surface area (Å²) in [5.41, 5.74) is 1.86. The Morgan fingerprint density at radius 2 is 2.18 bits per heavy atom. The van der Waals surface area contributed by atoms with Crippen LogP contribution in [0.2, 0.25) is 0 Å². The second-order valence-electron chi connectivity index (χ2n) is 5.49. The molecule has 2 unspecified atom stereocenters. The quantitative estimate of drug-likeness (QED) is 0.628. The molecular formula is C16H20N2O3S. The van der Waals surface area contributed by atoms with E-state index in [2.05, 4.69) is 28.7 Å². The van der Waals surface area contributed by atoms with Crippen molar-refractivity contribution in [1.29, 1.82) is 0 Å². The number of aliphatic hydroxyl groups is 1. The van der Waals surface area contributed by atoms with E-state index < -0.39 is 11.0 Å². The molecule has 0 fully saturated rings. The Labute approximate surface area is 134 Å². The largest absolute Gasteiger partial charge is 0.387 e. The number of aliphatic hydroxyl groups excluding tert-OH is 1. The van der Waals surface area contributed by atoms with Crippen LogP contribution in [-0.4, -0.2) is 34.6 Å². The van der Waals surface area contributed by atoms with Crippen LogP contribution in [0.1, 0.15) is 24.2 Å². The molecule has 2 atom stereocenters. The lowest BCUT2D eigenvalue weighted by atomic mass is 10.1. The Morgan fingerprint density at radius 1 is 1.41 bits per heavy atom. The maximum Gasteiger partial charge on any atom is 0.269 e. The third-order valence-electron chi connectivity index (χ3n) is 3.79. The molecule has 118 valence electrons. The van der Waals surface area contributed by atoms with Crippen molar-refractivity contribution in [3.05, 3.63) is 62.3 Å². The first kappa shape index (κ1) is 16.6. The summed E-state index contributed by atoms with van der Waals surface area (Å²) in [5.74, 6) is 0. The van der Waals surface area contributed by atoms with E-state index in [0.717, 1.165) is 6.42 Å². The van der Waals surface area contributed by atoms with Crippen molar-refractivity contribution >= 4 is 17.0 Å². The maximum atomic E-state index is 10.8. The van der Waals surface area contributed by atoms with E-state index in [-0.39, 0.29) is 11.7 Å². The van der Waals surface area contributed by atoms with Gasteiger partial charge in [-0.2, -0.15) is 11.3 Å². The van der Waals surface area contributed by atoms with Gasteiger partial charge in [-0.15, -0.1) is 0 Å². The maximum absolute atomic E-state index is 10.8. The van der Waals surface area contributed by atoms with Crippen LogP contribution in [0.15, 0.2) is 41.1 Å². The summed E-state index contributed by atoms with van der Waals surface area (Å²) in [7, 11) is 1.96. The van der Waals surface area contributed by atoms with Crippen LogP contribution in [-0.2, 0) is 6.42 Å². The molecule has 0 saturated heterocycles. The average Bonchev–Trinajstić information content (AvgIpc) is 3.00. The van der Waals surface area contributed by atoms with Gasteiger partial charge in [-0.05, 0) is 48.3 Å². The molecule has 0 saturated carbocycles. The van der Waals surface area contributed by atoms with Crippen molar-refractivity contribution in [1.82, 2.24) is 4.90 Å². The molecule has 6 heteroatoms. The number of non-ortho nitro benzene ring substituents is 1. The number of hydrogen-bond acceptors (Lipinski definition) is 5. The number of nitro benzene ring substituents is 1. The summed E-state index contributed by atoms with van der Waals surface area (Å²) in [5, 5.41) is 25.3. The smallest absolute Gasteiger partial charge is 0.269 e. The van der Waals surface area contributed by atoms with Gasteiger partial charge < -0.3 is 10.0 Å². The summed E-state index contributed by atoms with van der Waals surface area (Å²) >= 11 is 1.68. The molecule has 5 nitrogen and oxygen atoms in total. The first-order valence-electron chi connectivity index (χ1n) is 7.11. The summed E-state index contributed by atoms with van der Waals surface area (Å²) in [4.78, 5) is 12.4. The molecule has 0 bridgehead atoms. The number of rotatable bonds is 7. The molecular weight excluding hydrogens is 300 g/mol. The number of nitrogens with zero attached hydrogens (tertiary/aromatic N) is 2. The lowest BCUT2D eigenvalue weighted by Gasteiger charge is -2.27. The second kappa shape index (κ2) is 7.49. The zero-order chi connectivity index (χ0) is 16.1. The Morgan fingerprint density at radius 3 is 2.82 bits per heavy atom. The minimum atomic E-state index is -0.741. The Bertz CT molecular complexity index is 616. The van der Waals surface area contributed by atoms with Gasteiger partial charge in [0.05, 0.1) is 11.0 Å². The number of likely N-dealkylation sites (N-methyl/N-ethyl adjacent to an activating group) is 1. The van der Waals surface area contributed by atoms with Crippen molar-refractivity contribution in [2.45, 2.75) is 25.5 Å². The summed E-state index contributed by atoms with van der Waals surface area (Å²) in [6.07, 6.45) is 0.177. The van der Waals surface area contributed by atoms with E-state index in [1.165, 1.54) is 17.7 Å². The van der Waals surface area contributed by atoms with E-state index in [0.29, 0.717) is 12.1 Å². The molecule has 2 rings (SSSR count). The molecule has 0 radical (unpaired) electrons. The Hall–Kier alpha value is -1.76. The van der Waals surface area contributed by atoms with Crippen molar-refractivity contribution in [2.24, 2.45) is 0 Å². The lowest BCUT2D eigenvalue weighted by Crippen LogP contribution is -2.34. The van der Waals surface area contributed by atoms with E-state index in [1.54, 1.807) is 23.5 Å². The highest BCUT2D eigenvalue weighted by atomic mass is 32.1. The van der Waals surface area contributed by atoms with Gasteiger partial charge in [0.1, 0.15) is 0 Å². The van der Waals surface area contributed by atoms with E-state index in [9.17, 15) is 15.2 Å². The highest BCUT2D eigenvalue weighted by molar-refractivity contribution is 7.07. The van der Waals surface area contributed by atoms with Gasteiger partial charge in [0.25, 0.3) is 5.69 Å². The van der Waals surface area contributed by atoms with Crippen LogP contribution < -0.4 is 0 Å². The standard InChI is InChI=1S/C16H20N2O3S/c1-12(8-13-6-7-22-11-13)17(2)10-16(19)14-4-3-5-15(9-14)18(20)21/h3-7,9,11-12,16,19H,8,10H2,1-2H3. The van der Waals surface area contributed by atoms with Crippen LogP contribution in [0.25, 0.3) is 0 Å². The number of hydrogen-bond donors (Lipinski definition) is 1. The predicted molar refractivity (Wildman–Crippen MR) is 88.2 cm³/mol. The highest BCUT2D eigenvalue weighted by Gasteiger charge is 2.17. The Kier molecular flexibility index (Phi) is 5.65. The number of thiophene rings is 1. The molecule has 0 aliphatic rings. The summed E-state index contributed by atoms with van der Waals surface area (Å²) < 4.78 is 0. The van der Waals surface area contributed by atoms with Gasteiger partial charge in [-0.1, -0.05) is 12.1 Å². The molecule has 0 spiro atoms. The van der Waals surface area contributed by atoms with E-state index in [1.807, 2.05) is 7.05 Å².